The Morgan fingerprint density at radius 3 is 2.79 bits per heavy atom. The quantitative estimate of drug-likeness (QED) is 0.833. The lowest BCUT2D eigenvalue weighted by Gasteiger charge is -2.13. The maximum Gasteiger partial charge on any atom is 0.257 e. The maximum atomic E-state index is 5.56. The molecule has 0 atom stereocenters. The molecule has 0 fully saturated rings. The molecule has 0 bridgehead atoms. The molecule has 0 aliphatic carbocycles. The van der Waals surface area contributed by atoms with Crippen LogP contribution in [0.25, 0.3) is 0 Å². The molecule has 1 heterocycles. The van der Waals surface area contributed by atoms with Gasteiger partial charge in [0.15, 0.2) is 5.75 Å². The van der Waals surface area contributed by atoms with E-state index >= 15 is 0 Å². The van der Waals surface area contributed by atoms with Crippen LogP contribution in [0.4, 0.5) is 0 Å². The fourth-order valence-electron chi connectivity index (χ4n) is 0.992. The van der Waals surface area contributed by atoms with Crippen molar-refractivity contribution in [3.63, 3.8) is 0 Å². The van der Waals surface area contributed by atoms with Crippen molar-refractivity contribution in [3.05, 3.63) is 16.7 Å². The second kappa shape index (κ2) is 5.20. The van der Waals surface area contributed by atoms with Gasteiger partial charge in [-0.3, -0.25) is 0 Å². The summed E-state index contributed by atoms with van der Waals surface area (Å²) in [6, 6.07) is 1.86. The molecule has 4 heteroatoms. The van der Waals surface area contributed by atoms with Crippen LogP contribution in [0, 0.1) is 0 Å². The number of halogens is 1. The van der Waals surface area contributed by atoms with E-state index in [1.165, 1.54) is 0 Å². The largest absolute Gasteiger partial charge is 0.485 e. The van der Waals surface area contributed by atoms with Gasteiger partial charge in [0, 0.05) is 16.7 Å². The summed E-state index contributed by atoms with van der Waals surface area (Å²) in [6.45, 7) is 6.44. The summed E-state index contributed by atoms with van der Waals surface area (Å²) >= 11 is 3.34. The molecular weight excluding hydrogens is 246 g/mol. The Hall–Kier alpha value is -0.770. The first-order valence-corrected chi connectivity index (χ1v) is 5.37. The van der Waals surface area contributed by atoms with Crippen molar-refractivity contribution in [1.82, 2.24) is 4.98 Å². The van der Waals surface area contributed by atoms with Crippen LogP contribution in [-0.4, -0.2) is 17.7 Å². The molecule has 14 heavy (non-hydrogen) atoms. The molecule has 0 saturated carbocycles. The smallest absolute Gasteiger partial charge is 0.257 e. The van der Waals surface area contributed by atoms with E-state index in [4.69, 9.17) is 9.47 Å². The van der Waals surface area contributed by atoms with Crippen molar-refractivity contribution < 1.29 is 9.47 Å². The van der Waals surface area contributed by atoms with Crippen molar-refractivity contribution in [2.24, 2.45) is 0 Å². The Balaban J connectivity index is 2.90. The average Bonchev–Trinajstić information content (AvgIpc) is 2.09. The molecule has 0 aromatic carbocycles. The van der Waals surface area contributed by atoms with Crippen molar-refractivity contribution in [1.29, 1.82) is 0 Å². The van der Waals surface area contributed by atoms with Crippen molar-refractivity contribution in [2.75, 3.05) is 6.61 Å². The number of nitrogens with zero attached hydrogens (tertiary/aromatic N) is 1. The van der Waals surface area contributed by atoms with Gasteiger partial charge in [0.1, 0.15) is 0 Å². The number of aromatic nitrogens is 1. The van der Waals surface area contributed by atoms with Gasteiger partial charge in [0.2, 0.25) is 0 Å². The van der Waals surface area contributed by atoms with Gasteiger partial charge in [-0.05, 0) is 36.7 Å². The van der Waals surface area contributed by atoms with Gasteiger partial charge in [-0.2, -0.15) is 0 Å². The Morgan fingerprint density at radius 1 is 1.50 bits per heavy atom. The van der Waals surface area contributed by atoms with E-state index in [9.17, 15) is 0 Å². The van der Waals surface area contributed by atoms with Crippen LogP contribution < -0.4 is 9.47 Å². The summed E-state index contributed by atoms with van der Waals surface area (Å²) in [5.41, 5.74) is 0. The van der Waals surface area contributed by atoms with E-state index in [1.54, 1.807) is 6.20 Å². The lowest BCUT2D eigenvalue weighted by atomic mass is 10.4. The average molecular weight is 260 g/mol. The van der Waals surface area contributed by atoms with Gasteiger partial charge >= 0.3 is 0 Å². The number of hydrogen-bond acceptors (Lipinski definition) is 3. The molecule has 0 unspecified atom stereocenters. The minimum Gasteiger partial charge on any atom is -0.485 e. The highest BCUT2D eigenvalue weighted by molar-refractivity contribution is 9.10. The van der Waals surface area contributed by atoms with Crippen LogP contribution >= 0.6 is 15.9 Å². The molecule has 0 saturated heterocycles. The van der Waals surface area contributed by atoms with Crippen molar-refractivity contribution in [2.45, 2.75) is 26.9 Å². The third-order valence-electron chi connectivity index (χ3n) is 1.43. The molecule has 0 aliphatic heterocycles. The van der Waals surface area contributed by atoms with Crippen LogP contribution in [0.5, 0.6) is 11.6 Å². The summed E-state index contributed by atoms with van der Waals surface area (Å²) in [5.74, 6) is 1.22. The molecule has 1 aromatic rings. The standard InChI is InChI=1S/C10H14BrNO2/c1-4-13-10-9(14-7(2)3)5-8(11)6-12-10/h5-7H,4H2,1-3H3. The van der Waals surface area contributed by atoms with Gasteiger partial charge in [-0.1, -0.05) is 0 Å². The number of ether oxygens (including phenoxy) is 2. The highest BCUT2D eigenvalue weighted by Crippen LogP contribution is 2.28. The second-order valence-corrected chi connectivity index (χ2v) is 3.97. The lowest BCUT2D eigenvalue weighted by Crippen LogP contribution is -2.08. The Kier molecular flexibility index (Phi) is 4.20. The monoisotopic (exact) mass is 259 g/mol. The zero-order valence-electron chi connectivity index (χ0n) is 8.58. The molecule has 0 amide bonds. The molecule has 0 aliphatic rings. The van der Waals surface area contributed by atoms with E-state index < -0.39 is 0 Å². The molecule has 0 spiro atoms. The maximum absolute atomic E-state index is 5.56. The van der Waals surface area contributed by atoms with Gasteiger partial charge in [-0.25, -0.2) is 4.98 Å². The Bertz CT molecular complexity index is 302. The van der Waals surface area contributed by atoms with Crippen LogP contribution in [0.15, 0.2) is 16.7 Å². The number of pyridine rings is 1. The van der Waals surface area contributed by atoms with Crippen molar-refractivity contribution >= 4 is 15.9 Å². The van der Waals surface area contributed by atoms with Gasteiger partial charge in [0.05, 0.1) is 12.7 Å². The summed E-state index contributed by atoms with van der Waals surface area (Å²) in [5, 5.41) is 0. The topological polar surface area (TPSA) is 31.4 Å². The summed E-state index contributed by atoms with van der Waals surface area (Å²) < 4.78 is 11.8. The van der Waals surface area contributed by atoms with Crippen LogP contribution in [0.3, 0.4) is 0 Å². The van der Waals surface area contributed by atoms with E-state index in [0.717, 1.165) is 4.47 Å². The Morgan fingerprint density at radius 2 is 2.21 bits per heavy atom. The Labute approximate surface area is 92.6 Å². The number of rotatable bonds is 4. The van der Waals surface area contributed by atoms with E-state index in [-0.39, 0.29) is 6.10 Å². The fraction of sp³-hybridized carbons (Fsp3) is 0.500. The van der Waals surface area contributed by atoms with Gasteiger partial charge in [0.25, 0.3) is 5.88 Å². The predicted molar refractivity (Wildman–Crippen MR) is 58.9 cm³/mol. The molecule has 0 radical (unpaired) electrons. The highest BCUT2D eigenvalue weighted by atomic mass is 79.9. The first-order chi connectivity index (χ1) is 6.63. The molecule has 78 valence electrons. The summed E-state index contributed by atoms with van der Waals surface area (Å²) in [6.07, 6.45) is 1.81. The first kappa shape index (κ1) is 11.3. The molecule has 0 N–H and O–H groups in total. The normalized spacial score (nSPS) is 10.4. The first-order valence-electron chi connectivity index (χ1n) is 4.58. The molecular formula is C10H14BrNO2. The molecule has 1 rings (SSSR count). The minimum atomic E-state index is 0.116. The van der Waals surface area contributed by atoms with Crippen LogP contribution in [0.1, 0.15) is 20.8 Å². The highest BCUT2D eigenvalue weighted by Gasteiger charge is 2.08. The van der Waals surface area contributed by atoms with Gasteiger partial charge < -0.3 is 9.47 Å². The zero-order valence-corrected chi connectivity index (χ0v) is 10.2. The third-order valence-corrected chi connectivity index (χ3v) is 1.86. The van der Waals surface area contributed by atoms with Crippen LogP contribution in [0.2, 0.25) is 0 Å². The van der Waals surface area contributed by atoms with E-state index in [1.807, 2.05) is 26.8 Å². The fourth-order valence-corrected chi connectivity index (χ4v) is 1.30. The molecule has 1 aromatic heterocycles. The summed E-state index contributed by atoms with van der Waals surface area (Å²) in [7, 11) is 0. The predicted octanol–water partition coefficient (Wildman–Crippen LogP) is 3.03. The number of hydrogen-bond donors (Lipinski definition) is 0. The second-order valence-electron chi connectivity index (χ2n) is 3.06. The molecule has 3 nitrogen and oxygen atoms in total. The zero-order chi connectivity index (χ0) is 10.6. The third kappa shape index (κ3) is 3.18. The van der Waals surface area contributed by atoms with Crippen LogP contribution in [-0.2, 0) is 0 Å². The van der Waals surface area contributed by atoms with Gasteiger partial charge in [-0.15, -0.1) is 0 Å². The van der Waals surface area contributed by atoms with Crippen molar-refractivity contribution in [3.8, 4) is 11.6 Å². The van der Waals surface area contributed by atoms with E-state index in [0.29, 0.717) is 18.2 Å². The van der Waals surface area contributed by atoms with E-state index in [2.05, 4.69) is 20.9 Å². The SMILES string of the molecule is CCOc1ncc(Br)cc1OC(C)C. The minimum absolute atomic E-state index is 0.116. The lowest BCUT2D eigenvalue weighted by molar-refractivity contribution is 0.219. The summed E-state index contributed by atoms with van der Waals surface area (Å²) in [4.78, 5) is 4.13.